The third kappa shape index (κ3) is 3.15. The number of alkyl halides is 3. The van der Waals surface area contributed by atoms with E-state index in [9.17, 15) is 18.0 Å². The number of carbonyl (C=O) groups excluding carboxylic acids is 1. The maximum Gasteiger partial charge on any atom is 0.435 e. The molecule has 1 aliphatic carbocycles. The number of carbonyl (C=O) groups is 1. The fourth-order valence-electron chi connectivity index (χ4n) is 3.73. The lowest BCUT2D eigenvalue weighted by molar-refractivity contribution is -0.144. The fourth-order valence-corrected chi connectivity index (χ4v) is 4.22. The Balaban J connectivity index is 1.74. The number of halogens is 4. The monoisotopic (exact) mass is 442 g/mol. The van der Waals surface area contributed by atoms with Gasteiger partial charge in [0.2, 0.25) is 0 Å². The lowest BCUT2D eigenvalue weighted by Crippen LogP contribution is -2.45. The van der Waals surface area contributed by atoms with E-state index in [0.717, 1.165) is 20.3 Å². The van der Waals surface area contributed by atoms with Crippen LogP contribution < -0.4 is 0 Å². The maximum absolute atomic E-state index is 13.6. The topological polar surface area (TPSA) is 51.0 Å². The molecule has 1 fully saturated rings. The van der Waals surface area contributed by atoms with Gasteiger partial charge in [0.1, 0.15) is 0 Å². The van der Waals surface area contributed by atoms with Crippen LogP contribution >= 0.6 is 15.9 Å². The Kier molecular flexibility index (Phi) is 4.14. The molecule has 0 spiro atoms. The molecule has 2 heterocycles. The average molecular weight is 443 g/mol. The summed E-state index contributed by atoms with van der Waals surface area (Å²) in [6, 6.07) is 5.47. The summed E-state index contributed by atoms with van der Waals surface area (Å²) < 4.78 is 42.6. The average Bonchev–Trinajstić information content (AvgIpc) is 3.31. The Morgan fingerprint density at radius 2 is 2.00 bits per heavy atom. The molecular weight excluding hydrogens is 425 g/mol. The Hall–Kier alpha value is -1.90. The third-order valence-electron chi connectivity index (χ3n) is 5.13. The first-order valence-electron chi connectivity index (χ1n) is 8.69. The summed E-state index contributed by atoms with van der Waals surface area (Å²) in [6.45, 7) is 4.49. The van der Waals surface area contributed by atoms with Crippen LogP contribution in [0.1, 0.15) is 60.0 Å². The Morgan fingerprint density at radius 3 is 2.63 bits per heavy atom. The molecule has 0 bridgehead atoms. The Morgan fingerprint density at radius 1 is 1.30 bits per heavy atom. The predicted octanol–water partition coefficient (Wildman–Crippen LogP) is 4.33. The zero-order valence-corrected chi connectivity index (χ0v) is 16.4. The van der Waals surface area contributed by atoms with E-state index >= 15 is 0 Å². The summed E-state index contributed by atoms with van der Waals surface area (Å²) in [5, 5.41) is 7.28. The minimum absolute atomic E-state index is 0.229. The highest BCUT2D eigenvalue weighted by atomic mass is 79.9. The number of rotatable bonds is 2. The van der Waals surface area contributed by atoms with Crippen LogP contribution in [0.15, 0.2) is 22.7 Å². The summed E-state index contributed by atoms with van der Waals surface area (Å²) >= 11 is 3.49. The highest BCUT2D eigenvalue weighted by Crippen LogP contribution is 2.42. The van der Waals surface area contributed by atoms with Crippen LogP contribution in [0.3, 0.4) is 0 Å². The maximum atomic E-state index is 13.6. The van der Waals surface area contributed by atoms with Gasteiger partial charge < -0.3 is 4.90 Å². The van der Waals surface area contributed by atoms with Gasteiger partial charge in [0, 0.05) is 23.0 Å². The van der Waals surface area contributed by atoms with Crippen molar-refractivity contribution in [3.05, 3.63) is 45.2 Å². The van der Waals surface area contributed by atoms with Crippen molar-refractivity contribution in [3.8, 4) is 0 Å². The van der Waals surface area contributed by atoms with E-state index in [-0.39, 0.29) is 12.6 Å². The van der Waals surface area contributed by atoms with Gasteiger partial charge in [-0.3, -0.25) is 4.79 Å². The number of hydrogen-bond acceptors (Lipinski definition) is 3. The summed E-state index contributed by atoms with van der Waals surface area (Å²) in [4.78, 5) is 14.5. The number of hydrogen-bond donors (Lipinski definition) is 0. The molecule has 5 nitrogen and oxygen atoms in total. The van der Waals surface area contributed by atoms with E-state index < -0.39 is 28.9 Å². The van der Waals surface area contributed by atoms with Crippen molar-refractivity contribution in [3.63, 3.8) is 0 Å². The molecule has 0 atom stereocenters. The van der Waals surface area contributed by atoms with Crippen molar-refractivity contribution < 1.29 is 18.0 Å². The van der Waals surface area contributed by atoms with Crippen molar-refractivity contribution in [1.82, 2.24) is 19.9 Å². The first kappa shape index (κ1) is 18.5. The minimum atomic E-state index is -4.68. The number of aromatic nitrogens is 3. The Labute approximate surface area is 162 Å². The molecule has 0 unspecified atom stereocenters. The summed E-state index contributed by atoms with van der Waals surface area (Å²) in [6.07, 6.45) is -3.44. The Bertz CT molecular complexity index is 918. The van der Waals surface area contributed by atoms with Gasteiger partial charge in [0.25, 0.3) is 5.91 Å². The van der Waals surface area contributed by atoms with Gasteiger partial charge >= 0.3 is 6.18 Å². The molecule has 0 N–H and O–H groups in total. The summed E-state index contributed by atoms with van der Waals surface area (Å²) in [7, 11) is 0. The molecule has 0 saturated heterocycles. The van der Waals surface area contributed by atoms with Crippen LogP contribution in [-0.4, -0.2) is 32.3 Å². The van der Waals surface area contributed by atoms with Gasteiger partial charge in [-0.15, -0.1) is 5.10 Å². The van der Waals surface area contributed by atoms with Crippen molar-refractivity contribution in [2.24, 2.45) is 0 Å². The molecule has 1 aliphatic heterocycles. The molecule has 144 valence electrons. The molecule has 1 aromatic heterocycles. The number of benzene rings is 1. The number of amides is 1. The third-order valence-corrected chi connectivity index (χ3v) is 5.87. The number of nitrogens with zero attached hydrogens (tertiary/aromatic N) is 4. The van der Waals surface area contributed by atoms with Gasteiger partial charge in [-0.05, 0) is 30.0 Å². The quantitative estimate of drug-likeness (QED) is 0.695. The SMILES string of the molecule is CC1(C)CN(C(=O)c2nnn(C3CC3)c2C(F)(F)F)Cc2c(Br)cccc21. The molecule has 1 saturated carbocycles. The molecular formula is C18H18BrF3N4O. The van der Waals surface area contributed by atoms with Gasteiger partial charge in [-0.2, -0.15) is 13.2 Å². The van der Waals surface area contributed by atoms with E-state index in [1.165, 1.54) is 4.90 Å². The van der Waals surface area contributed by atoms with Crippen LogP contribution in [0.25, 0.3) is 0 Å². The molecule has 1 aromatic carbocycles. The second-order valence-electron chi connectivity index (χ2n) is 7.77. The van der Waals surface area contributed by atoms with Crippen LogP contribution in [0, 0.1) is 0 Å². The first-order chi connectivity index (χ1) is 12.6. The van der Waals surface area contributed by atoms with Gasteiger partial charge in [-0.1, -0.05) is 47.1 Å². The second kappa shape index (κ2) is 6.05. The predicted molar refractivity (Wildman–Crippen MR) is 95.2 cm³/mol. The highest BCUT2D eigenvalue weighted by molar-refractivity contribution is 9.10. The van der Waals surface area contributed by atoms with Crippen LogP contribution in [0.5, 0.6) is 0 Å². The fraction of sp³-hybridized carbons (Fsp3) is 0.500. The van der Waals surface area contributed by atoms with E-state index in [1.807, 2.05) is 32.0 Å². The van der Waals surface area contributed by atoms with Crippen LogP contribution in [0.4, 0.5) is 13.2 Å². The van der Waals surface area contributed by atoms with Gasteiger partial charge in [0.05, 0.1) is 6.04 Å². The van der Waals surface area contributed by atoms with Crippen molar-refractivity contribution in [2.75, 3.05) is 6.54 Å². The van der Waals surface area contributed by atoms with Crippen molar-refractivity contribution >= 4 is 21.8 Å². The van der Waals surface area contributed by atoms with E-state index in [1.54, 1.807) is 0 Å². The van der Waals surface area contributed by atoms with Gasteiger partial charge in [0.15, 0.2) is 11.4 Å². The smallest absolute Gasteiger partial charge is 0.332 e. The molecule has 2 aliphatic rings. The van der Waals surface area contributed by atoms with Crippen LogP contribution in [-0.2, 0) is 18.1 Å². The number of fused-ring (bicyclic) bond motifs is 1. The van der Waals surface area contributed by atoms with E-state index in [4.69, 9.17) is 0 Å². The van der Waals surface area contributed by atoms with E-state index in [2.05, 4.69) is 26.2 Å². The standard InChI is InChI=1S/C18H18BrF3N4O/c1-17(2)9-25(8-11-12(17)4-3-5-13(11)19)16(27)14-15(18(20,21)22)26(24-23-14)10-6-7-10/h3-5,10H,6-9H2,1-2H3. The van der Waals surface area contributed by atoms with E-state index in [0.29, 0.717) is 19.4 Å². The van der Waals surface area contributed by atoms with Crippen molar-refractivity contribution in [2.45, 2.75) is 50.9 Å². The minimum Gasteiger partial charge on any atom is -0.332 e. The summed E-state index contributed by atoms with van der Waals surface area (Å²) in [5.74, 6) is -0.733. The zero-order valence-electron chi connectivity index (χ0n) is 14.8. The van der Waals surface area contributed by atoms with Crippen molar-refractivity contribution in [1.29, 1.82) is 0 Å². The molecule has 0 radical (unpaired) electrons. The second-order valence-corrected chi connectivity index (χ2v) is 8.63. The van der Waals surface area contributed by atoms with Crippen LogP contribution in [0.2, 0.25) is 0 Å². The summed E-state index contributed by atoms with van der Waals surface area (Å²) in [5.41, 5.74) is -0.0481. The lowest BCUT2D eigenvalue weighted by Gasteiger charge is -2.40. The van der Waals surface area contributed by atoms with Gasteiger partial charge in [-0.25, -0.2) is 4.68 Å². The first-order valence-corrected chi connectivity index (χ1v) is 9.48. The molecule has 9 heteroatoms. The highest BCUT2D eigenvalue weighted by Gasteiger charge is 2.46. The largest absolute Gasteiger partial charge is 0.435 e. The normalized spacial score (nSPS) is 19.1. The zero-order chi connectivity index (χ0) is 19.6. The lowest BCUT2D eigenvalue weighted by atomic mass is 9.78. The molecule has 2 aromatic rings. The molecule has 27 heavy (non-hydrogen) atoms. The molecule has 1 amide bonds. The molecule has 4 rings (SSSR count).